The van der Waals surface area contributed by atoms with Crippen molar-refractivity contribution in [3.8, 4) is 0 Å². The minimum absolute atomic E-state index is 0.0250. The van der Waals surface area contributed by atoms with Crippen molar-refractivity contribution in [1.82, 2.24) is 14.9 Å². The van der Waals surface area contributed by atoms with E-state index in [0.717, 1.165) is 10.6 Å². The van der Waals surface area contributed by atoms with Crippen LogP contribution in [-0.2, 0) is 27.7 Å². The number of amides is 1. The molecule has 1 amide bonds. The van der Waals surface area contributed by atoms with Crippen LogP contribution in [0.15, 0.2) is 59.5 Å². The Labute approximate surface area is 178 Å². The summed E-state index contributed by atoms with van der Waals surface area (Å²) >= 11 is 7.09. The number of aryl methyl sites for hydroxylation is 1. The normalized spacial score (nSPS) is 12.5. The standard InChI is InChI=1S/C19H19ClN4O3S2/c1-2-17-22-23-19(28-17)21-18(25)16(12-13-6-4-3-5-7-13)24-29(26,27)15-10-8-14(20)9-11-15/h3-11,16,24H,2,12H2,1H3,(H,21,23,25). The summed E-state index contributed by atoms with van der Waals surface area (Å²) in [5, 5.41) is 12.1. The second-order valence-corrected chi connectivity index (χ2v) is 9.37. The van der Waals surface area contributed by atoms with Gasteiger partial charge in [-0.2, -0.15) is 4.72 Å². The first-order chi connectivity index (χ1) is 13.9. The van der Waals surface area contributed by atoms with E-state index in [0.29, 0.717) is 16.6 Å². The summed E-state index contributed by atoms with van der Waals surface area (Å²) in [6, 6.07) is 13.9. The van der Waals surface area contributed by atoms with Gasteiger partial charge in [0.1, 0.15) is 11.0 Å². The number of halogens is 1. The molecule has 7 nitrogen and oxygen atoms in total. The van der Waals surface area contributed by atoms with Crippen LogP contribution in [0, 0.1) is 0 Å². The van der Waals surface area contributed by atoms with Crippen molar-refractivity contribution in [2.45, 2.75) is 30.7 Å². The Balaban J connectivity index is 1.83. The molecule has 3 aromatic rings. The highest BCUT2D eigenvalue weighted by molar-refractivity contribution is 7.89. The summed E-state index contributed by atoms with van der Waals surface area (Å²) in [7, 11) is -3.94. The third kappa shape index (κ3) is 5.83. The Morgan fingerprint density at radius 1 is 1.10 bits per heavy atom. The Hall–Kier alpha value is -2.33. The zero-order chi connectivity index (χ0) is 20.9. The van der Waals surface area contributed by atoms with E-state index in [1.807, 2.05) is 37.3 Å². The highest BCUT2D eigenvalue weighted by Crippen LogP contribution is 2.18. The van der Waals surface area contributed by atoms with Gasteiger partial charge >= 0.3 is 0 Å². The topological polar surface area (TPSA) is 101 Å². The van der Waals surface area contributed by atoms with Crippen molar-refractivity contribution in [3.63, 3.8) is 0 Å². The highest BCUT2D eigenvalue weighted by Gasteiger charge is 2.27. The van der Waals surface area contributed by atoms with Crippen molar-refractivity contribution < 1.29 is 13.2 Å². The molecule has 1 unspecified atom stereocenters. The molecular formula is C19H19ClN4O3S2. The lowest BCUT2D eigenvalue weighted by molar-refractivity contribution is -0.117. The van der Waals surface area contributed by atoms with Crippen molar-refractivity contribution in [3.05, 3.63) is 70.2 Å². The lowest BCUT2D eigenvalue weighted by Crippen LogP contribution is -2.45. The maximum atomic E-state index is 12.9. The molecule has 0 spiro atoms. The first-order valence-corrected chi connectivity index (χ1v) is 11.5. The number of sulfonamides is 1. The number of nitrogens with one attached hydrogen (secondary N) is 2. The molecule has 1 aromatic heterocycles. The quantitative estimate of drug-likeness (QED) is 0.548. The van der Waals surface area contributed by atoms with Gasteiger partial charge < -0.3 is 0 Å². The first kappa shape index (κ1) is 21.4. The molecule has 0 fully saturated rings. The second kappa shape index (κ2) is 9.45. The fourth-order valence-corrected chi connectivity index (χ4v) is 4.55. The van der Waals surface area contributed by atoms with Crippen LogP contribution in [0.4, 0.5) is 5.13 Å². The van der Waals surface area contributed by atoms with Crippen LogP contribution in [0.25, 0.3) is 0 Å². The Kier molecular flexibility index (Phi) is 6.96. The average molecular weight is 451 g/mol. The van der Waals surface area contributed by atoms with Crippen LogP contribution in [-0.4, -0.2) is 30.6 Å². The van der Waals surface area contributed by atoms with E-state index in [9.17, 15) is 13.2 Å². The van der Waals surface area contributed by atoms with Gasteiger partial charge in [0, 0.05) is 5.02 Å². The Bertz CT molecular complexity index is 1070. The van der Waals surface area contributed by atoms with Crippen LogP contribution >= 0.6 is 22.9 Å². The number of benzene rings is 2. The Morgan fingerprint density at radius 3 is 2.41 bits per heavy atom. The predicted octanol–water partition coefficient (Wildman–Crippen LogP) is 3.28. The average Bonchev–Trinajstić information content (AvgIpc) is 3.16. The zero-order valence-electron chi connectivity index (χ0n) is 15.5. The maximum absolute atomic E-state index is 12.9. The summed E-state index contributed by atoms with van der Waals surface area (Å²) < 4.78 is 28.1. The highest BCUT2D eigenvalue weighted by atomic mass is 35.5. The van der Waals surface area contributed by atoms with E-state index < -0.39 is 22.0 Å². The second-order valence-electron chi connectivity index (χ2n) is 6.16. The third-order valence-electron chi connectivity index (χ3n) is 4.02. The summed E-state index contributed by atoms with van der Waals surface area (Å²) in [5.74, 6) is -0.509. The van der Waals surface area contributed by atoms with Crippen LogP contribution in [0.2, 0.25) is 5.02 Å². The maximum Gasteiger partial charge on any atom is 0.244 e. The molecule has 29 heavy (non-hydrogen) atoms. The van der Waals surface area contributed by atoms with Gasteiger partial charge in [0.2, 0.25) is 21.1 Å². The molecule has 1 heterocycles. The minimum atomic E-state index is -3.94. The van der Waals surface area contributed by atoms with E-state index in [-0.39, 0.29) is 11.3 Å². The number of hydrogen-bond acceptors (Lipinski definition) is 6. The van der Waals surface area contributed by atoms with Crippen LogP contribution in [0.3, 0.4) is 0 Å². The van der Waals surface area contributed by atoms with Crippen molar-refractivity contribution in [1.29, 1.82) is 0 Å². The number of hydrogen-bond donors (Lipinski definition) is 2. The molecule has 0 bridgehead atoms. The van der Waals surface area contributed by atoms with Gasteiger partial charge in [-0.15, -0.1) is 10.2 Å². The fraction of sp³-hybridized carbons (Fsp3) is 0.211. The van der Waals surface area contributed by atoms with Gasteiger partial charge in [0.15, 0.2) is 0 Å². The molecule has 0 aliphatic carbocycles. The molecule has 10 heteroatoms. The van der Waals surface area contributed by atoms with Gasteiger partial charge in [-0.05, 0) is 42.7 Å². The van der Waals surface area contributed by atoms with E-state index in [4.69, 9.17) is 11.6 Å². The lowest BCUT2D eigenvalue weighted by atomic mass is 10.1. The molecule has 0 saturated carbocycles. The van der Waals surface area contributed by atoms with E-state index in [1.165, 1.54) is 35.6 Å². The lowest BCUT2D eigenvalue weighted by Gasteiger charge is -2.18. The predicted molar refractivity (Wildman–Crippen MR) is 114 cm³/mol. The molecule has 152 valence electrons. The number of rotatable bonds is 8. The number of anilines is 1. The first-order valence-electron chi connectivity index (χ1n) is 8.82. The molecular weight excluding hydrogens is 432 g/mol. The minimum Gasteiger partial charge on any atom is -0.299 e. The van der Waals surface area contributed by atoms with Gasteiger partial charge in [0.25, 0.3) is 0 Å². The summed E-state index contributed by atoms with van der Waals surface area (Å²) in [6.07, 6.45) is 0.878. The largest absolute Gasteiger partial charge is 0.299 e. The van der Waals surface area contributed by atoms with Gasteiger partial charge in [-0.1, -0.05) is 60.2 Å². The van der Waals surface area contributed by atoms with Crippen molar-refractivity contribution >= 4 is 44.0 Å². The molecule has 3 rings (SSSR count). The van der Waals surface area contributed by atoms with Crippen molar-refractivity contribution in [2.75, 3.05) is 5.32 Å². The summed E-state index contributed by atoms with van der Waals surface area (Å²) in [6.45, 7) is 1.94. The monoisotopic (exact) mass is 450 g/mol. The fourth-order valence-electron chi connectivity index (χ4n) is 2.55. The number of aromatic nitrogens is 2. The summed E-state index contributed by atoms with van der Waals surface area (Å²) in [5.41, 5.74) is 0.818. The van der Waals surface area contributed by atoms with E-state index in [2.05, 4.69) is 20.2 Å². The molecule has 0 aliphatic rings. The zero-order valence-corrected chi connectivity index (χ0v) is 17.9. The molecule has 2 N–H and O–H groups in total. The van der Waals surface area contributed by atoms with Crippen molar-refractivity contribution in [2.24, 2.45) is 0 Å². The third-order valence-corrected chi connectivity index (χ3v) is 6.74. The van der Waals surface area contributed by atoms with Gasteiger partial charge in [-0.3, -0.25) is 10.1 Å². The molecule has 1 atom stereocenters. The van der Waals surface area contributed by atoms with Gasteiger partial charge in [-0.25, -0.2) is 8.42 Å². The molecule has 0 aliphatic heterocycles. The smallest absolute Gasteiger partial charge is 0.244 e. The van der Waals surface area contributed by atoms with E-state index >= 15 is 0 Å². The number of nitrogens with zero attached hydrogens (tertiary/aromatic N) is 2. The molecule has 0 radical (unpaired) electrons. The molecule has 2 aromatic carbocycles. The van der Waals surface area contributed by atoms with Crippen LogP contribution < -0.4 is 10.0 Å². The SMILES string of the molecule is CCc1nnc(NC(=O)C(Cc2ccccc2)NS(=O)(=O)c2ccc(Cl)cc2)s1. The Morgan fingerprint density at radius 2 is 1.79 bits per heavy atom. The molecule has 0 saturated heterocycles. The van der Waals surface area contributed by atoms with Gasteiger partial charge in [0.05, 0.1) is 4.90 Å². The summed E-state index contributed by atoms with van der Waals surface area (Å²) in [4.78, 5) is 12.9. The number of carbonyl (C=O) groups is 1. The number of carbonyl (C=O) groups excluding carboxylic acids is 1. The van der Waals surface area contributed by atoms with Crippen LogP contribution in [0.5, 0.6) is 0 Å². The van der Waals surface area contributed by atoms with E-state index in [1.54, 1.807) is 0 Å². The van der Waals surface area contributed by atoms with Crippen LogP contribution in [0.1, 0.15) is 17.5 Å².